The van der Waals surface area contributed by atoms with Crippen molar-refractivity contribution in [1.82, 2.24) is 4.98 Å². The highest BCUT2D eigenvalue weighted by Crippen LogP contribution is 2.27. The zero-order valence-corrected chi connectivity index (χ0v) is 12.2. The highest BCUT2D eigenvalue weighted by atomic mass is 35.5. The molecule has 0 aliphatic heterocycles. The standard InChI is InChI=1S/C17H14ClFN2/c1-11(12-5-7-13(18)8-6-12)21-16-9-10-20-17-14(16)3-2-4-15(17)19/h2-11H,1H3,(H,20,21). The highest BCUT2D eigenvalue weighted by molar-refractivity contribution is 6.30. The molecule has 0 saturated carbocycles. The van der Waals surface area contributed by atoms with E-state index in [4.69, 9.17) is 11.6 Å². The monoisotopic (exact) mass is 300 g/mol. The Labute approximate surface area is 127 Å². The summed E-state index contributed by atoms with van der Waals surface area (Å²) in [4.78, 5) is 4.10. The minimum Gasteiger partial charge on any atom is -0.378 e. The molecule has 1 unspecified atom stereocenters. The summed E-state index contributed by atoms with van der Waals surface area (Å²) >= 11 is 5.90. The average Bonchev–Trinajstić information content (AvgIpc) is 2.49. The summed E-state index contributed by atoms with van der Waals surface area (Å²) in [5.74, 6) is -0.310. The number of rotatable bonds is 3. The van der Waals surface area contributed by atoms with Gasteiger partial charge in [-0.05, 0) is 36.8 Å². The topological polar surface area (TPSA) is 24.9 Å². The van der Waals surface area contributed by atoms with Crippen molar-refractivity contribution in [1.29, 1.82) is 0 Å². The Bertz CT molecular complexity index is 771. The van der Waals surface area contributed by atoms with E-state index in [1.807, 2.05) is 36.4 Å². The number of nitrogens with zero attached hydrogens (tertiary/aromatic N) is 1. The number of para-hydroxylation sites is 1. The fourth-order valence-electron chi connectivity index (χ4n) is 2.33. The molecule has 1 aromatic heterocycles. The van der Waals surface area contributed by atoms with Crippen LogP contribution in [0.25, 0.3) is 10.9 Å². The van der Waals surface area contributed by atoms with Crippen LogP contribution in [0.4, 0.5) is 10.1 Å². The molecule has 2 aromatic carbocycles. The number of anilines is 1. The van der Waals surface area contributed by atoms with Crippen LogP contribution in [0, 0.1) is 5.82 Å². The Kier molecular flexibility index (Phi) is 3.76. The van der Waals surface area contributed by atoms with Crippen molar-refractivity contribution >= 4 is 28.2 Å². The van der Waals surface area contributed by atoms with E-state index in [9.17, 15) is 4.39 Å². The molecule has 4 heteroatoms. The number of fused-ring (bicyclic) bond motifs is 1. The summed E-state index contributed by atoms with van der Waals surface area (Å²) in [7, 11) is 0. The van der Waals surface area contributed by atoms with Crippen LogP contribution in [0.1, 0.15) is 18.5 Å². The lowest BCUT2D eigenvalue weighted by Crippen LogP contribution is -2.07. The van der Waals surface area contributed by atoms with Crippen LogP contribution < -0.4 is 5.32 Å². The number of nitrogens with one attached hydrogen (secondary N) is 1. The number of hydrogen-bond donors (Lipinski definition) is 1. The van der Waals surface area contributed by atoms with Gasteiger partial charge < -0.3 is 5.32 Å². The molecular weight excluding hydrogens is 287 g/mol. The fraction of sp³-hybridized carbons (Fsp3) is 0.118. The third-order valence-corrected chi connectivity index (χ3v) is 3.72. The van der Waals surface area contributed by atoms with Gasteiger partial charge in [0.2, 0.25) is 0 Å². The number of benzene rings is 2. The largest absolute Gasteiger partial charge is 0.378 e. The van der Waals surface area contributed by atoms with Crippen molar-refractivity contribution in [2.24, 2.45) is 0 Å². The van der Waals surface area contributed by atoms with Gasteiger partial charge in [-0.15, -0.1) is 0 Å². The first-order valence-electron chi connectivity index (χ1n) is 6.70. The molecule has 2 nitrogen and oxygen atoms in total. The molecule has 0 spiro atoms. The molecule has 0 bridgehead atoms. The van der Waals surface area contributed by atoms with E-state index in [-0.39, 0.29) is 11.9 Å². The number of halogens is 2. The van der Waals surface area contributed by atoms with E-state index >= 15 is 0 Å². The van der Waals surface area contributed by atoms with Crippen LogP contribution in [0.3, 0.4) is 0 Å². The summed E-state index contributed by atoms with van der Waals surface area (Å²) in [5.41, 5.74) is 2.36. The maximum atomic E-state index is 13.8. The van der Waals surface area contributed by atoms with E-state index < -0.39 is 0 Å². The molecule has 0 aliphatic carbocycles. The smallest absolute Gasteiger partial charge is 0.149 e. The van der Waals surface area contributed by atoms with Gasteiger partial charge in [-0.2, -0.15) is 0 Å². The maximum absolute atomic E-state index is 13.8. The molecule has 1 atom stereocenters. The molecule has 3 rings (SSSR count). The minimum absolute atomic E-state index is 0.0798. The molecule has 0 saturated heterocycles. The van der Waals surface area contributed by atoms with Crippen molar-refractivity contribution in [3.63, 3.8) is 0 Å². The van der Waals surface area contributed by atoms with Crippen LogP contribution in [0.2, 0.25) is 5.02 Å². The van der Waals surface area contributed by atoms with Crippen LogP contribution in [0.15, 0.2) is 54.7 Å². The predicted octanol–water partition coefficient (Wildman–Crippen LogP) is 5.20. The van der Waals surface area contributed by atoms with Crippen molar-refractivity contribution < 1.29 is 4.39 Å². The van der Waals surface area contributed by atoms with E-state index in [1.54, 1.807) is 12.3 Å². The fourth-order valence-corrected chi connectivity index (χ4v) is 2.46. The lowest BCUT2D eigenvalue weighted by Gasteiger charge is -2.17. The summed E-state index contributed by atoms with van der Waals surface area (Å²) in [5, 5.41) is 4.88. The Morgan fingerprint density at radius 3 is 2.62 bits per heavy atom. The quantitative estimate of drug-likeness (QED) is 0.719. The lowest BCUT2D eigenvalue weighted by atomic mass is 10.1. The Morgan fingerprint density at radius 1 is 1.10 bits per heavy atom. The minimum atomic E-state index is -0.310. The Hall–Kier alpha value is -2.13. The van der Waals surface area contributed by atoms with Crippen LogP contribution in [-0.4, -0.2) is 4.98 Å². The second-order valence-electron chi connectivity index (χ2n) is 4.91. The number of pyridine rings is 1. The van der Waals surface area contributed by atoms with Crippen LogP contribution in [0.5, 0.6) is 0 Å². The predicted molar refractivity (Wildman–Crippen MR) is 85.2 cm³/mol. The van der Waals surface area contributed by atoms with E-state index in [0.29, 0.717) is 10.5 Å². The van der Waals surface area contributed by atoms with Crippen molar-refractivity contribution in [3.8, 4) is 0 Å². The van der Waals surface area contributed by atoms with E-state index in [2.05, 4.69) is 17.2 Å². The molecule has 21 heavy (non-hydrogen) atoms. The summed E-state index contributed by atoms with van der Waals surface area (Å²) in [6.45, 7) is 2.05. The summed E-state index contributed by atoms with van der Waals surface area (Å²) in [6, 6.07) is 14.6. The molecular formula is C17H14ClFN2. The van der Waals surface area contributed by atoms with Gasteiger partial charge in [0.1, 0.15) is 11.3 Å². The van der Waals surface area contributed by atoms with Gasteiger partial charge in [-0.25, -0.2) is 4.39 Å². The molecule has 0 fully saturated rings. The van der Waals surface area contributed by atoms with Gasteiger partial charge in [0.15, 0.2) is 0 Å². The zero-order chi connectivity index (χ0) is 14.8. The van der Waals surface area contributed by atoms with Gasteiger partial charge in [0.05, 0.1) is 0 Å². The van der Waals surface area contributed by atoms with Gasteiger partial charge in [-0.1, -0.05) is 35.9 Å². The summed E-state index contributed by atoms with van der Waals surface area (Å²) in [6.07, 6.45) is 1.61. The van der Waals surface area contributed by atoms with Crippen molar-refractivity contribution in [2.75, 3.05) is 5.32 Å². The van der Waals surface area contributed by atoms with E-state index in [0.717, 1.165) is 16.6 Å². The van der Waals surface area contributed by atoms with E-state index in [1.165, 1.54) is 6.07 Å². The first kappa shape index (κ1) is 13.8. The highest BCUT2D eigenvalue weighted by Gasteiger charge is 2.09. The van der Waals surface area contributed by atoms with Crippen molar-refractivity contribution in [2.45, 2.75) is 13.0 Å². The third kappa shape index (κ3) is 2.83. The molecule has 3 aromatic rings. The SMILES string of the molecule is CC(Nc1ccnc2c(F)cccc12)c1ccc(Cl)cc1. The van der Waals surface area contributed by atoms with Gasteiger partial charge >= 0.3 is 0 Å². The molecule has 1 N–H and O–H groups in total. The van der Waals surface area contributed by atoms with Crippen LogP contribution in [-0.2, 0) is 0 Å². The van der Waals surface area contributed by atoms with Crippen molar-refractivity contribution in [3.05, 3.63) is 71.1 Å². The lowest BCUT2D eigenvalue weighted by molar-refractivity contribution is 0.637. The molecule has 0 radical (unpaired) electrons. The first-order chi connectivity index (χ1) is 10.1. The van der Waals surface area contributed by atoms with Gasteiger partial charge in [0.25, 0.3) is 0 Å². The zero-order valence-electron chi connectivity index (χ0n) is 11.5. The molecule has 0 amide bonds. The second kappa shape index (κ2) is 5.70. The molecule has 106 valence electrons. The van der Waals surface area contributed by atoms with Crippen LogP contribution >= 0.6 is 11.6 Å². The normalized spacial score (nSPS) is 12.3. The Balaban J connectivity index is 1.94. The van der Waals surface area contributed by atoms with Gasteiger partial charge in [0, 0.05) is 28.3 Å². The number of aromatic nitrogens is 1. The first-order valence-corrected chi connectivity index (χ1v) is 7.08. The summed E-state index contributed by atoms with van der Waals surface area (Å²) < 4.78 is 13.8. The third-order valence-electron chi connectivity index (χ3n) is 3.46. The maximum Gasteiger partial charge on any atom is 0.149 e. The number of hydrogen-bond acceptors (Lipinski definition) is 2. The average molecular weight is 301 g/mol. The van der Waals surface area contributed by atoms with Gasteiger partial charge in [-0.3, -0.25) is 4.98 Å². The second-order valence-corrected chi connectivity index (χ2v) is 5.35. The Morgan fingerprint density at radius 2 is 1.86 bits per heavy atom. The molecule has 1 heterocycles. The molecule has 0 aliphatic rings.